The minimum absolute atomic E-state index is 0.167. The number of carbonyl (C=O) groups is 2. The monoisotopic (exact) mass is 353 g/mol. The number of carbonyl (C=O) groups excluding carboxylic acids is 2. The summed E-state index contributed by atoms with van der Waals surface area (Å²) in [4.78, 5) is 29.0. The predicted molar refractivity (Wildman–Crippen MR) is 98.1 cm³/mol. The largest absolute Gasteiger partial charge is 0.353 e. The smallest absolute Gasteiger partial charge is 0.224 e. The Balaban J connectivity index is 1.43. The van der Waals surface area contributed by atoms with Crippen LogP contribution in [-0.2, 0) is 9.59 Å². The quantitative estimate of drug-likeness (QED) is 0.790. The average molecular weight is 354 g/mol. The third kappa shape index (κ3) is 4.88. The van der Waals surface area contributed by atoms with Crippen molar-refractivity contribution in [1.82, 2.24) is 15.1 Å². The lowest BCUT2D eigenvalue weighted by Crippen LogP contribution is -2.51. The number of piperidine rings is 2. The van der Waals surface area contributed by atoms with Gasteiger partial charge in [-0.05, 0) is 51.3 Å². The van der Waals surface area contributed by atoms with Gasteiger partial charge in [0, 0.05) is 43.9 Å². The van der Waals surface area contributed by atoms with Gasteiger partial charge in [-0.3, -0.25) is 14.5 Å². The average Bonchev–Trinajstić information content (AvgIpc) is 3.44. The first-order chi connectivity index (χ1) is 11.7. The van der Waals surface area contributed by atoms with Crippen molar-refractivity contribution >= 4 is 23.6 Å². The second-order valence-electron chi connectivity index (χ2n) is 7.47. The molecule has 0 spiro atoms. The highest BCUT2D eigenvalue weighted by atomic mass is 32.2. The van der Waals surface area contributed by atoms with E-state index in [1.807, 2.05) is 11.2 Å². The van der Waals surface area contributed by atoms with E-state index in [2.05, 4.69) is 10.2 Å². The Morgan fingerprint density at radius 2 is 1.83 bits per heavy atom. The maximum absolute atomic E-state index is 12.3. The molecule has 2 heterocycles. The summed E-state index contributed by atoms with van der Waals surface area (Å²) in [6.07, 6.45) is 9.29. The van der Waals surface area contributed by atoms with Gasteiger partial charge in [0.2, 0.25) is 11.8 Å². The zero-order valence-corrected chi connectivity index (χ0v) is 15.7. The summed E-state index contributed by atoms with van der Waals surface area (Å²) in [6.45, 7) is 3.78. The van der Waals surface area contributed by atoms with Crippen LogP contribution in [0.15, 0.2) is 0 Å². The van der Waals surface area contributed by atoms with Gasteiger partial charge in [-0.25, -0.2) is 0 Å². The highest BCUT2D eigenvalue weighted by Gasteiger charge is 2.34. The van der Waals surface area contributed by atoms with Crippen LogP contribution in [0.25, 0.3) is 0 Å². The third-order valence-electron chi connectivity index (χ3n) is 5.60. The number of nitrogens with one attached hydrogen (secondary N) is 1. The third-order valence-corrected chi connectivity index (χ3v) is 6.21. The van der Waals surface area contributed by atoms with Crippen LogP contribution < -0.4 is 5.32 Å². The highest BCUT2D eigenvalue weighted by Crippen LogP contribution is 2.26. The number of thioether (sulfide) groups is 1. The Hall–Kier alpha value is -0.750. The van der Waals surface area contributed by atoms with Gasteiger partial charge in [0.15, 0.2) is 0 Å². The second-order valence-corrected chi connectivity index (χ2v) is 8.46. The van der Waals surface area contributed by atoms with Crippen molar-refractivity contribution in [3.8, 4) is 0 Å². The summed E-state index contributed by atoms with van der Waals surface area (Å²) in [5.74, 6) is 1.67. The maximum atomic E-state index is 12.3. The fourth-order valence-corrected chi connectivity index (χ4v) is 4.31. The van der Waals surface area contributed by atoms with E-state index in [9.17, 15) is 9.59 Å². The minimum atomic E-state index is 0.167. The molecule has 0 aromatic heterocycles. The van der Waals surface area contributed by atoms with Crippen LogP contribution in [0.2, 0.25) is 0 Å². The van der Waals surface area contributed by atoms with Gasteiger partial charge in [-0.15, -0.1) is 0 Å². The van der Waals surface area contributed by atoms with Crippen LogP contribution >= 0.6 is 11.8 Å². The van der Waals surface area contributed by atoms with Crippen molar-refractivity contribution in [2.45, 2.75) is 57.0 Å². The Morgan fingerprint density at radius 3 is 2.50 bits per heavy atom. The molecule has 0 radical (unpaired) electrons. The molecular weight excluding hydrogens is 322 g/mol. The van der Waals surface area contributed by atoms with Crippen LogP contribution in [0.5, 0.6) is 0 Å². The van der Waals surface area contributed by atoms with Crippen molar-refractivity contribution in [2.24, 2.45) is 5.92 Å². The van der Waals surface area contributed by atoms with Gasteiger partial charge in [-0.2, -0.15) is 11.8 Å². The van der Waals surface area contributed by atoms with E-state index in [1.165, 1.54) is 0 Å². The van der Waals surface area contributed by atoms with E-state index in [-0.39, 0.29) is 11.8 Å². The molecule has 2 saturated heterocycles. The van der Waals surface area contributed by atoms with Crippen molar-refractivity contribution in [3.05, 3.63) is 0 Å². The molecule has 3 rings (SSSR count). The molecule has 6 heteroatoms. The van der Waals surface area contributed by atoms with E-state index >= 15 is 0 Å². The number of rotatable bonds is 6. The Kier molecular flexibility index (Phi) is 6.44. The maximum Gasteiger partial charge on any atom is 0.224 e. The number of amides is 2. The predicted octanol–water partition coefficient (Wildman–Crippen LogP) is 1.72. The van der Waals surface area contributed by atoms with Gasteiger partial charge in [-0.1, -0.05) is 0 Å². The molecule has 3 aliphatic rings. The van der Waals surface area contributed by atoms with E-state index in [0.29, 0.717) is 24.4 Å². The fourth-order valence-electron chi connectivity index (χ4n) is 3.93. The number of hydrogen-bond acceptors (Lipinski definition) is 4. The Morgan fingerprint density at radius 1 is 1.08 bits per heavy atom. The standard InChI is InChI=1S/C18H31N3O2S/c1-24-12-8-17(22)20-10-6-16(7-11-20)21-9-2-3-14(13-21)18(23)19-15-4-5-15/h14-16H,2-13H2,1H3,(H,19,23)/t14-/m1/s1. The Bertz CT molecular complexity index is 448. The zero-order chi connectivity index (χ0) is 16.9. The van der Waals surface area contributed by atoms with Gasteiger partial charge in [0.1, 0.15) is 0 Å². The molecule has 1 saturated carbocycles. The lowest BCUT2D eigenvalue weighted by Gasteiger charge is -2.42. The summed E-state index contributed by atoms with van der Waals surface area (Å²) in [6, 6.07) is 1.01. The molecule has 0 bridgehead atoms. The van der Waals surface area contributed by atoms with Crippen LogP contribution in [0.4, 0.5) is 0 Å². The first kappa shape index (κ1) is 18.1. The lowest BCUT2D eigenvalue weighted by atomic mass is 9.93. The first-order valence-electron chi connectivity index (χ1n) is 9.48. The summed E-state index contributed by atoms with van der Waals surface area (Å²) >= 11 is 1.74. The number of nitrogens with zero attached hydrogens (tertiary/aromatic N) is 2. The van der Waals surface area contributed by atoms with Gasteiger partial charge < -0.3 is 10.2 Å². The van der Waals surface area contributed by atoms with Crippen molar-refractivity contribution in [2.75, 3.05) is 38.2 Å². The highest BCUT2D eigenvalue weighted by molar-refractivity contribution is 7.98. The summed E-state index contributed by atoms with van der Waals surface area (Å²) in [5.41, 5.74) is 0. The molecular formula is C18H31N3O2S. The van der Waals surface area contributed by atoms with E-state index in [1.54, 1.807) is 11.8 Å². The summed E-state index contributed by atoms with van der Waals surface area (Å²) in [7, 11) is 0. The molecule has 1 atom stereocenters. The van der Waals surface area contributed by atoms with Gasteiger partial charge in [0.25, 0.3) is 0 Å². The van der Waals surface area contributed by atoms with Crippen molar-refractivity contribution in [1.29, 1.82) is 0 Å². The fraction of sp³-hybridized carbons (Fsp3) is 0.889. The summed E-state index contributed by atoms with van der Waals surface area (Å²) < 4.78 is 0. The molecule has 0 unspecified atom stereocenters. The number of likely N-dealkylation sites (tertiary alicyclic amines) is 2. The summed E-state index contributed by atoms with van der Waals surface area (Å²) in [5, 5.41) is 3.17. The minimum Gasteiger partial charge on any atom is -0.353 e. The molecule has 5 nitrogen and oxygen atoms in total. The first-order valence-corrected chi connectivity index (χ1v) is 10.9. The molecule has 136 valence electrons. The molecule has 1 aliphatic carbocycles. The molecule has 2 aliphatic heterocycles. The van der Waals surface area contributed by atoms with Crippen LogP contribution in [-0.4, -0.2) is 71.9 Å². The topological polar surface area (TPSA) is 52.7 Å². The zero-order valence-electron chi connectivity index (χ0n) is 14.8. The van der Waals surface area contributed by atoms with Crippen LogP contribution in [0.3, 0.4) is 0 Å². The van der Waals surface area contributed by atoms with Gasteiger partial charge in [0.05, 0.1) is 5.92 Å². The SMILES string of the molecule is CSCCC(=O)N1CCC(N2CCC[C@@H](C(=O)NC3CC3)C2)CC1. The molecule has 24 heavy (non-hydrogen) atoms. The molecule has 3 fully saturated rings. The van der Waals surface area contributed by atoms with Gasteiger partial charge >= 0.3 is 0 Å². The molecule has 2 amide bonds. The lowest BCUT2D eigenvalue weighted by molar-refractivity contribution is -0.132. The normalized spacial score (nSPS) is 26.4. The van der Waals surface area contributed by atoms with Crippen molar-refractivity contribution < 1.29 is 9.59 Å². The second kappa shape index (κ2) is 8.56. The Labute approximate surface area is 149 Å². The molecule has 0 aromatic carbocycles. The molecule has 0 aromatic rings. The molecule has 1 N–H and O–H groups in total. The van der Waals surface area contributed by atoms with Crippen LogP contribution in [0.1, 0.15) is 44.9 Å². The van der Waals surface area contributed by atoms with E-state index in [0.717, 1.165) is 70.5 Å². The van der Waals surface area contributed by atoms with Crippen molar-refractivity contribution in [3.63, 3.8) is 0 Å². The van der Waals surface area contributed by atoms with E-state index < -0.39 is 0 Å². The van der Waals surface area contributed by atoms with Crippen LogP contribution in [0, 0.1) is 5.92 Å². The number of hydrogen-bond donors (Lipinski definition) is 1. The van der Waals surface area contributed by atoms with E-state index in [4.69, 9.17) is 0 Å².